The van der Waals surface area contributed by atoms with Crippen molar-refractivity contribution in [2.75, 3.05) is 6.54 Å². The zero-order valence-electron chi connectivity index (χ0n) is 16.0. The van der Waals surface area contributed by atoms with Gasteiger partial charge in [0.15, 0.2) is 0 Å². The highest BCUT2D eigenvalue weighted by molar-refractivity contribution is 5.79. The summed E-state index contributed by atoms with van der Waals surface area (Å²) in [6.45, 7) is 3.23. The van der Waals surface area contributed by atoms with E-state index in [1.807, 2.05) is 21.8 Å². The molecule has 0 bridgehead atoms. The Morgan fingerprint density at radius 3 is 2.96 bits per heavy atom. The normalized spacial score (nSPS) is 17.8. The van der Waals surface area contributed by atoms with E-state index in [1.165, 1.54) is 11.1 Å². The molecule has 6 heteroatoms. The molecule has 142 valence electrons. The number of aromatic nitrogens is 4. The Morgan fingerprint density at radius 2 is 2.14 bits per heavy atom. The van der Waals surface area contributed by atoms with Crippen LogP contribution in [0.5, 0.6) is 0 Å². The van der Waals surface area contributed by atoms with Crippen LogP contribution in [0.4, 0.5) is 0 Å². The molecule has 3 aromatic rings. The SMILES string of the molecule is CCCCc1nnn2c1C1c3cc(-c4cccnc4)ccc3CCN1C(=O)C2. The first-order valence-corrected chi connectivity index (χ1v) is 10.0. The first kappa shape index (κ1) is 17.1. The van der Waals surface area contributed by atoms with Crippen LogP contribution in [0.1, 0.15) is 48.3 Å². The van der Waals surface area contributed by atoms with Crippen molar-refractivity contribution in [1.29, 1.82) is 0 Å². The van der Waals surface area contributed by atoms with Crippen molar-refractivity contribution in [3.05, 3.63) is 65.2 Å². The summed E-state index contributed by atoms with van der Waals surface area (Å²) in [5.74, 6) is 0.127. The van der Waals surface area contributed by atoms with Gasteiger partial charge in [0.1, 0.15) is 12.6 Å². The summed E-state index contributed by atoms with van der Waals surface area (Å²) in [5.41, 5.74) is 6.84. The van der Waals surface area contributed by atoms with Crippen LogP contribution in [0.2, 0.25) is 0 Å². The molecule has 1 amide bonds. The second kappa shape index (κ2) is 6.86. The molecule has 0 saturated heterocycles. The van der Waals surface area contributed by atoms with Gasteiger partial charge in [0.25, 0.3) is 0 Å². The molecular weight excluding hydrogens is 350 g/mol. The fourth-order valence-corrected chi connectivity index (χ4v) is 4.41. The standard InChI is InChI=1S/C22H23N5O/c1-2-3-6-19-22-21-18-12-16(17-5-4-10-23-13-17)8-7-15(18)9-11-26(21)20(28)14-27(22)25-24-19/h4-5,7-8,10,12-13,21H,2-3,6,9,11,14H2,1H3. The van der Waals surface area contributed by atoms with Crippen molar-refractivity contribution >= 4 is 5.91 Å². The van der Waals surface area contributed by atoms with Gasteiger partial charge in [-0.2, -0.15) is 0 Å². The number of pyridine rings is 1. The third-order valence-corrected chi connectivity index (χ3v) is 5.85. The molecule has 0 saturated carbocycles. The summed E-state index contributed by atoms with van der Waals surface area (Å²) in [4.78, 5) is 19.1. The lowest BCUT2D eigenvalue weighted by Crippen LogP contribution is -2.47. The summed E-state index contributed by atoms with van der Waals surface area (Å²) in [5, 5.41) is 8.75. The van der Waals surface area contributed by atoms with Gasteiger partial charge in [-0.15, -0.1) is 5.10 Å². The molecule has 1 unspecified atom stereocenters. The minimum atomic E-state index is -0.0940. The van der Waals surface area contributed by atoms with Crippen LogP contribution < -0.4 is 0 Å². The lowest BCUT2D eigenvalue weighted by atomic mass is 9.86. The van der Waals surface area contributed by atoms with Crippen molar-refractivity contribution in [3.63, 3.8) is 0 Å². The summed E-state index contributed by atoms with van der Waals surface area (Å²) >= 11 is 0. The molecule has 6 nitrogen and oxygen atoms in total. The van der Waals surface area contributed by atoms with Crippen LogP contribution in [0.25, 0.3) is 11.1 Å². The van der Waals surface area contributed by atoms with Crippen molar-refractivity contribution in [2.45, 2.75) is 45.2 Å². The predicted octanol–water partition coefficient (Wildman–Crippen LogP) is 3.17. The molecular formula is C22H23N5O. The van der Waals surface area contributed by atoms with Crippen LogP contribution in [-0.2, 0) is 24.2 Å². The zero-order valence-corrected chi connectivity index (χ0v) is 16.0. The fraction of sp³-hybridized carbons (Fsp3) is 0.364. The molecule has 2 aromatic heterocycles. The number of hydrogen-bond acceptors (Lipinski definition) is 4. The second-order valence-corrected chi connectivity index (χ2v) is 7.58. The molecule has 1 aromatic carbocycles. The van der Waals surface area contributed by atoms with Crippen LogP contribution in [0.3, 0.4) is 0 Å². The number of amides is 1. The Labute approximate surface area is 164 Å². The molecule has 0 aliphatic carbocycles. The summed E-state index contributed by atoms with van der Waals surface area (Å²) in [6, 6.07) is 10.5. The van der Waals surface area contributed by atoms with Gasteiger partial charge in [0.2, 0.25) is 5.91 Å². The van der Waals surface area contributed by atoms with Crippen LogP contribution >= 0.6 is 0 Å². The highest BCUT2D eigenvalue weighted by Gasteiger charge is 2.40. The van der Waals surface area contributed by atoms with E-state index in [1.54, 1.807) is 6.20 Å². The molecule has 1 atom stereocenters. The Balaban J connectivity index is 1.65. The van der Waals surface area contributed by atoms with Gasteiger partial charge in [0, 0.05) is 18.9 Å². The third-order valence-electron chi connectivity index (χ3n) is 5.85. The molecule has 0 radical (unpaired) electrons. The maximum Gasteiger partial charge on any atom is 0.245 e. The molecule has 0 N–H and O–H groups in total. The highest BCUT2D eigenvalue weighted by Crippen LogP contribution is 2.40. The Hall–Kier alpha value is -3.02. The predicted molar refractivity (Wildman–Crippen MR) is 106 cm³/mol. The van der Waals surface area contributed by atoms with E-state index in [9.17, 15) is 4.79 Å². The number of rotatable bonds is 4. The van der Waals surface area contributed by atoms with Gasteiger partial charge in [0.05, 0.1) is 11.4 Å². The minimum absolute atomic E-state index is 0.0940. The smallest absolute Gasteiger partial charge is 0.245 e. The molecule has 4 heterocycles. The van der Waals surface area contributed by atoms with Gasteiger partial charge >= 0.3 is 0 Å². The summed E-state index contributed by atoms with van der Waals surface area (Å²) < 4.78 is 1.82. The first-order chi connectivity index (χ1) is 13.8. The summed E-state index contributed by atoms with van der Waals surface area (Å²) in [7, 11) is 0. The monoisotopic (exact) mass is 373 g/mol. The second-order valence-electron chi connectivity index (χ2n) is 7.58. The molecule has 28 heavy (non-hydrogen) atoms. The van der Waals surface area contributed by atoms with Crippen molar-refractivity contribution in [1.82, 2.24) is 24.9 Å². The number of carbonyl (C=O) groups excluding carboxylic acids is 1. The van der Waals surface area contributed by atoms with Gasteiger partial charge in [-0.1, -0.05) is 36.8 Å². The number of carbonyl (C=O) groups is 1. The molecule has 0 spiro atoms. The first-order valence-electron chi connectivity index (χ1n) is 10.0. The van der Waals surface area contributed by atoms with E-state index < -0.39 is 0 Å². The van der Waals surface area contributed by atoms with E-state index >= 15 is 0 Å². The Kier molecular flexibility index (Phi) is 4.19. The minimum Gasteiger partial charge on any atom is -0.328 e. The van der Waals surface area contributed by atoms with Crippen LogP contribution in [0.15, 0.2) is 42.7 Å². The molecule has 2 aliphatic heterocycles. The quantitative estimate of drug-likeness (QED) is 0.705. The fourth-order valence-electron chi connectivity index (χ4n) is 4.41. The van der Waals surface area contributed by atoms with Crippen molar-refractivity contribution < 1.29 is 4.79 Å². The number of benzene rings is 1. The van der Waals surface area contributed by atoms with E-state index in [0.29, 0.717) is 6.54 Å². The van der Waals surface area contributed by atoms with E-state index in [-0.39, 0.29) is 11.9 Å². The third kappa shape index (κ3) is 2.71. The molecule has 0 fully saturated rings. The van der Waals surface area contributed by atoms with Crippen LogP contribution in [-0.4, -0.2) is 37.3 Å². The maximum atomic E-state index is 12.8. The average molecular weight is 373 g/mol. The van der Waals surface area contributed by atoms with Gasteiger partial charge in [-0.3, -0.25) is 9.78 Å². The van der Waals surface area contributed by atoms with E-state index in [4.69, 9.17) is 0 Å². The van der Waals surface area contributed by atoms with Gasteiger partial charge in [-0.05, 0) is 53.6 Å². The van der Waals surface area contributed by atoms with Crippen LogP contribution in [0, 0.1) is 0 Å². The average Bonchev–Trinajstić information content (AvgIpc) is 3.14. The largest absolute Gasteiger partial charge is 0.328 e. The van der Waals surface area contributed by atoms with Gasteiger partial charge < -0.3 is 4.90 Å². The number of fused-ring (bicyclic) bond motifs is 5. The number of unbranched alkanes of at least 4 members (excludes halogenated alkanes) is 1. The number of aryl methyl sites for hydroxylation is 1. The Morgan fingerprint density at radius 1 is 1.21 bits per heavy atom. The number of nitrogens with zero attached hydrogens (tertiary/aromatic N) is 5. The lowest BCUT2D eigenvalue weighted by molar-refractivity contribution is -0.136. The van der Waals surface area contributed by atoms with E-state index in [2.05, 4.69) is 46.5 Å². The molecule has 5 rings (SSSR count). The van der Waals surface area contributed by atoms with Gasteiger partial charge in [-0.25, -0.2) is 4.68 Å². The zero-order chi connectivity index (χ0) is 19.1. The topological polar surface area (TPSA) is 63.9 Å². The highest BCUT2D eigenvalue weighted by atomic mass is 16.2. The molecule has 2 aliphatic rings. The lowest BCUT2D eigenvalue weighted by Gasteiger charge is -2.41. The Bertz CT molecular complexity index is 1030. The van der Waals surface area contributed by atoms with Crippen molar-refractivity contribution in [2.24, 2.45) is 0 Å². The van der Waals surface area contributed by atoms with Crippen molar-refractivity contribution in [3.8, 4) is 11.1 Å². The maximum absolute atomic E-state index is 12.8. The summed E-state index contributed by atoms with van der Waals surface area (Å²) in [6.07, 6.45) is 7.65. The van der Waals surface area contributed by atoms with E-state index in [0.717, 1.165) is 54.7 Å². The number of hydrogen-bond donors (Lipinski definition) is 0.